The van der Waals surface area contributed by atoms with Crippen LogP contribution in [0, 0.1) is 5.92 Å². The quantitative estimate of drug-likeness (QED) is 0.407. The van der Waals surface area contributed by atoms with Crippen molar-refractivity contribution >= 4 is 64.4 Å². The molecule has 4 N–H and O–H groups in total. The number of anilines is 2. The fourth-order valence-electron chi connectivity index (χ4n) is 3.81. The Morgan fingerprint density at radius 1 is 0.757 bits per heavy atom. The molecule has 1 fully saturated rings. The van der Waals surface area contributed by atoms with Crippen molar-refractivity contribution in [3.63, 3.8) is 0 Å². The van der Waals surface area contributed by atoms with Crippen molar-refractivity contribution in [3.8, 4) is 0 Å². The van der Waals surface area contributed by atoms with E-state index in [0.717, 1.165) is 0 Å². The van der Waals surface area contributed by atoms with Crippen molar-refractivity contribution < 1.29 is 24.0 Å². The molecule has 3 unspecified atom stereocenters. The third kappa shape index (κ3) is 7.86. The molecule has 5 amide bonds. The highest BCUT2D eigenvalue weighted by atomic mass is 35.5. The predicted octanol–water partition coefficient (Wildman–Crippen LogP) is 1.22. The largest absolute Gasteiger partial charge is 0.349 e. The van der Waals surface area contributed by atoms with E-state index in [1.807, 2.05) is 0 Å². The third-order valence-corrected chi connectivity index (χ3v) is 6.07. The number of nitrogens with one attached hydrogen (secondary N) is 4. The topological polar surface area (TPSA) is 162 Å². The van der Waals surface area contributed by atoms with E-state index in [4.69, 9.17) is 23.2 Å². The second kappa shape index (κ2) is 12.5. The van der Waals surface area contributed by atoms with Gasteiger partial charge in [0.15, 0.2) is 0 Å². The molecule has 12 nitrogen and oxygen atoms in total. The summed E-state index contributed by atoms with van der Waals surface area (Å²) in [6.07, 6.45) is 3.47. The van der Waals surface area contributed by atoms with Gasteiger partial charge in [0, 0.05) is 38.4 Å². The average Bonchev–Trinajstić information content (AvgIpc) is 2.87. The summed E-state index contributed by atoms with van der Waals surface area (Å²) in [5.74, 6) is -4.27. The lowest BCUT2D eigenvalue weighted by Crippen LogP contribution is -2.58. The van der Waals surface area contributed by atoms with Crippen LogP contribution >= 0.6 is 23.2 Å². The summed E-state index contributed by atoms with van der Waals surface area (Å²) in [7, 11) is 3.23. The second-order valence-corrected chi connectivity index (χ2v) is 9.41. The lowest BCUT2D eigenvalue weighted by Gasteiger charge is -2.36. The van der Waals surface area contributed by atoms with Gasteiger partial charge in [0.05, 0.1) is 16.1 Å². The summed E-state index contributed by atoms with van der Waals surface area (Å²) in [6, 6.07) is 4.34. The number of rotatable bonds is 5. The molecule has 2 heterocycles. The van der Waals surface area contributed by atoms with Crippen molar-refractivity contribution in [2.24, 2.45) is 5.92 Å². The molecule has 0 aliphatic heterocycles. The number of hydrogen-bond acceptors (Lipinski definition) is 7. The van der Waals surface area contributed by atoms with E-state index in [2.05, 4.69) is 31.2 Å². The van der Waals surface area contributed by atoms with Crippen LogP contribution in [0.4, 0.5) is 11.6 Å². The molecule has 1 saturated carbocycles. The minimum atomic E-state index is -0.993. The SMILES string of the molecule is CN(C)C(=O)C1CCC(NC(=O)C(=O)Nc2ccc(Cl)cn2)C(NC(=O)C(=O)Nc2ccc(Cl)cn2)C1. The van der Waals surface area contributed by atoms with E-state index in [9.17, 15) is 24.0 Å². The number of halogens is 2. The van der Waals surface area contributed by atoms with Gasteiger partial charge in [0.25, 0.3) is 0 Å². The van der Waals surface area contributed by atoms with E-state index in [0.29, 0.717) is 16.5 Å². The Bertz CT molecular complexity index is 1180. The molecule has 196 valence electrons. The lowest BCUT2D eigenvalue weighted by atomic mass is 9.81. The van der Waals surface area contributed by atoms with Crippen LogP contribution < -0.4 is 21.3 Å². The molecule has 14 heteroatoms. The zero-order valence-corrected chi connectivity index (χ0v) is 21.5. The number of amides is 5. The van der Waals surface area contributed by atoms with Gasteiger partial charge in [-0.2, -0.15) is 0 Å². The van der Waals surface area contributed by atoms with E-state index in [-0.39, 0.29) is 30.4 Å². The highest BCUT2D eigenvalue weighted by molar-refractivity contribution is 6.40. The van der Waals surface area contributed by atoms with Crippen LogP contribution in [0.1, 0.15) is 19.3 Å². The third-order valence-electron chi connectivity index (χ3n) is 5.62. The maximum Gasteiger partial charge on any atom is 0.314 e. The molecular formula is C23H25Cl2N7O5. The van der Waals surface area contributed by atoms with Crippen LogP contribution in [-0.2, 0) is 24.0 Å². The Kier molecular flexibility index (Phi) is 9.36. The first-order chi connectivity index (χ1) is 17.5. The predicted molar refractivity (Wildman–Crippen MR) is 136 cm³/mol. The molecule has 3 rings (SSSR count). The Hall–Kier alpha value is -3.77. The second-order valence-electron chi connectivity index (χ2n) is 8.53. The van der Waals surface area contributed by atoms with Crippen LogP contribution in [0.15, 0.2) is 36.7 Å². The molecule has 2 aromatic heterocycles. The number of nitrogens with zero attached hydrogens (tertiary/aromatic N) is 3. The van der Waals surface area contributed by atoms with Crippen molar-refractivity contribution in [2.45, 2.75) is 31.3 Å². The Labute approximate surface area is 222 Å². The Morgan fingerprint density at radius 3 is 1.68 bits per heavy atom. The highest BCUT2D eigenvalue weighted by Crippen LogP contribution is 2.26. The molecule has 3 atom stereocenters. The van der Waals surface area contributed by atoms with Crippen LogP contribution in [0.3, 0.4) is 0 Å². The highest BCUT2D eigenvalue weighted by Gasteiger charge is 2.37. The fourth-order valence-corrected chi connectivity index (χ4v) is 4.03. The number of aromatic nitrogens is 2. The molecule has 0 aromatic carbocycles. The van der Waals surface area contributed by atoms with Gasteiger partial charge in [-0.1, -0.05) is 23.2 Å². The molecule has 0 saturated heterocycles. The van der Waals surface area contributed by atoms with Gasteiger partial charge in [-0.15, -0.1) is 0 Å². The maximum atomic E-state index is 12.6. The average molecular weight is 550 g/mol. The molecule has 0 bridgehead atoms. The van der Waals surface area contributed by atoms with Crippen LogP contribution in [0.25, 0.3) is 0 Å². The van der Waals surface area contributed by atoms with Crippen molar-refractivity contribution in [2.75, 3.05) is 24.7 Å². The summed E-state index contributed by atoms with van der Waals surface area (Å²) in [5.41, 5.74) is 0. The summed E-state index contributed by atoms with van der Waals surface area (Å²) in [4.78, 5) is 71.8. The number of hydrogen-bond donors (Lipinski definition) is 4. The number of carbonyl (C=O) groups is 5. The van der Waals surface area contributed by atoms with E-state index in [1.165, 1.54) is 41.6 Å². The zero-order valence-electron chi connectivity index (χ0n) is 20.0. The fraction of sp³-hybridized carbons (Fsp3) is 0.348. The van der Waals surface area contributed by atoms with Crippen molar-refractivity contribution in [1.82, 2.24) is 25.5 Å². The summed E-state index contributed by atoms with van der Waals surface area (Å²) in [5, 5.41) is 10.6. The van der Waals surface area contributed by atoms with E-state index in [1.54, 1.807) is 14.1 Å². The Morgan fingerprint density at radius 2 is 1.24 bits per heavy atom. The molecule has 0 radical (unpaired) electrons. The summed E-state index contributed by atoms with van der Waals surface area (Å²) in [6.45, 7) is 0. The molecular weight excluding hydrogens is 525 g/mol. The minimum Gasteiger partial charge on any atom is -0.349 e. The number of pyridine rings is 2. The van der Waals surface area contributed by atoms with Gasteiger partial charge >= 0.3 is 23.6 Å². The first-order valence-corrected chi connectivity index (χ1v) is 12.0. The minimum absolute atomic E-state index is 0.117. The standard InChI is InChI=1S/C23H25Cl2N7O5/c1-32(2)23(37)12-3-6-15(28-19(33)21(35)30-17-7-4-13(24)10-26-17)16(9-12)29-20(34)22(36)31-18-8-5-14(25)11-27-18/h4-5,7-8,10-12,15-16H,3,6,9H2,1-2H3,(H,28,33)(H,29,34)(H,26,30,35)(H,27,31,36). The molecule has 0 spiro atoms. The summed E-state index contributed by atoms with van der Waals surface area (Å²) < 4.78 is 0. The maximum absolute atomic E-state index is 12.6. The smallest absolute Gasteiger partial charge is 0.314 e. The molecule has 2 aromatic rings. The van der Waals surface area contributed by atoms with E-state index >= 15 is 0 Å². The Balaban J connectivity index is 1.67. The summed E-state index contributed by atoms with van der Waals surface area (Å²) >= 11 is 11.5. The zero-order chi connectivity index (χ0) is 27.1. The van der Waals surface area contributed by atoms with Crippen molar-refractivity contribution in [3.05, 3.63) is 46.7 Å². The number of carbonyl (C=O) groups excluding carboxylic acids is 5. The van der Waals surface area contributed by atoms with Crippen LogP contribution in [-0.4, -0.2) is 70.6 Å². The monoisotopic (exact) mass is 549 g/mol. The van der Waals surface area contributed by atoms with Gasteiger partial charge in [-0.25, -0.2) is 9.97 Å². The first kappa shape index (κ1) is 27.8. The van der Waals surface area contributed by atoms with Crippen LogP contribution in [0.2, 0.25) is 10.0 Å². The molecule has 1 aliphatic carbocycles. The van der Waals surface area contributed by atoms with E-state index < -0.39 is 41.6 Å². The first-order valence-electron chi connectivity index (χ1n) is 11.2. The van der Waals surface area contributed by atoms with Gasteiger partial charge in [-0.3, -0.25) is 24.0 Å². The van der Waals surface area contributed by atoms with Crippen molar-refractivity contribution in [1.29, 1.82) is 0 Å². The van der Waals surface area contributed by atoms with Gasteiger partial charge in [0.1, 0.15) is 11.6 Å². The molecule has 37 heavy (non-hydrogen) atoms. The van der Waals surface area contributed by atoms with Gasteiger partial charge in [0.2, 0.25) is 5.91 Å². The van der Waals surface area contributed by atoms with Crippen LogP contribution in [0.5, 0.6) is 0 Å². The van der Waals surface area contributed by atoms with Gasteiger partial charge in [-0.05, 0) is 43.5 Å². The normalized spacial score (nSPS) is 18.8. The van der Waals surface area contributed by atoms with Gasteiger partial charge < -0.3 is 26.2 Å². The lowest BCUT2D eigenvalue weighted by molar-refractivity contribution is -0.139. The molecule has 1 aliphatic rings.